The molecule has 0 unspecified atom stereocenters. The molecule has 0 aliphatic rings. The number of halogens is 1. The van der Waals surface area contributed by atoms with E-state index in [1.165, 1.54) is 18.2 Å². The minimum absolute atomic E-state index is 0.120. The maximum Gasteiger partial charge on any atom is 0.197 e. The van der Waals surface area contributed by atoms with Gasteiger partial charge in [-0.25, -0.2) is 4.39 Å². The molecule has 0 aliphatic carbocycles. The first kappa shape index (κ1) is 9.58. The van der Waals surface area contributed by atoms with Crippen LogP contribution in [0.2, 0.25) is 0 Å². The SMILES string of the molecule is C=C(C)COc1c(O)cccc1F. The van der Waals surface area contributed by atoms with Gasteiger partial charge in [0.25, 0.3) is 0 Å². The minimum atomic E-state index is -0.568. The van der Waals surface area contributed by atoms with Crippen molar-refractivity contribution in [2.75, 3.05) is 6.61 Å². The summed E-state index contributed by atoms with van der Waals surface area (Å²) in [5.41, 5.74) is 0.766. The molecule has 0 heterocycles. The number of rotatable bonds is 3. The lowest BCUT2D eigenvalue weighted by molar-refractivity contribution is 0.310. The van der Waals surface area contributed by atoms with Gasteiger partial charge in [0.1, 0.15) is 6.61 Å². The number of benzene rings is 1. The summed E-state index contributed by atoms with van der Waals surface area (Å²) in [5.74, 6) is -0.881. The Morgan fingerprint density at radius 1 is 1.62 bits per heavy atom. The molecule has 0 aromatic heterocycles. The molecule has 0 aliphatic heterocycles. The Bertz CT molecular complexity index is 300. The van der Waals surface area contributed by atoms with Gasteiger partial charge >= 0.3 is 0 Å². The molecule has 1 aromatic rings. The summed E-state index contributed by atoms with van der Waals surface area (Å²) in [7, 11) is 0. The van der Waals surface area contributed by atoms with Gasteiger partial charge in [-0.15, -0.1) is 0 Å². The zero-order chi connectivity index (χ0) is 9.84. The van der Waals surface area contributed by atoms with E-state index in [0.717, 1.165) is 5.57 Å². The summed E-state index contributed by atoms with van der Waals surface area (Å²) in [6.45, 7) is 5.57. The van der Waals surface area contributed by atoms with Crippen molar-refractivity contribution in [2.45, 2.75) is 6.92 Å². The van der Waals surface area contributed by atoms with Crippen LogP contribution in [0.3, 0.4) is 0 Å². The third-order valence-corrected chi connectivity index (χ3v) is 1.41. The number of para-hydroxylation sites is 1. The van der Waals surface area contributed by atoms with Crippen LogP contribution in [-0.4, -0.2) is 11.7 Å². The molecule has 3 heteroatoms. The first-order chi connectivity index (χ1) is 6.11. The van der Waals surface area contributed by atoms with Gasteiger partial charge in [-0.1, -0.05) is 12.6 Å². The van der Waals surface area contributed by atoms with Crippen LogP contribution in [0.4, 0.5) is 4.39 Å². The molecule has 0 atom stereocenters. The Morgan fingerprint density at radius 2 is 2.31 bits per heavy atom. The van der Waals surface area contributed by atoms with E-state index in [0.29, 0.717) is 0 Å². The zero-order valence-corrected chi connectivity index (χ0v) is 7.38. The van der Waals surface area contributed by atoms with Crippen LogP contribution in [0.5, 0.6) is 11.5 Å². The second-order valence-electron chi connectivity index (χ2n) is 2.83. The average Bonchev–Trinajstić information content (AvgIpc) is 2.03. The molecule has 13 heavy (non-hydrogen) atoms. The Balaban J connectivity index is 2.81. The second-order valence-corrected chi connectivity index (χ2v) is 2.83. The summed E-state index contributed by atoms with van der Waals surface area (Å²) in [6.07, 6.45) is 0. The summed E-state index contributed by atoms with van der Waals surface area (Å²) < 4.78 is 18.0. The van der Waals surface area contributed by atoms with Crippen LogP contribution in [-0.2, 0) is 0 Å². The van der Waals surface area contributed by atoms with Crippen molar-refractivity contribution in [3.8, 4) is 11.5 Å². The van der Waals surface area contributed by atoms with Crippen molar-refractivity contribution in [3.05, 3.63) is 36.2 Å². The smallest absolute Gasteiger partial charge is 0.197 e. The van der Waals surface area contributed by atoms with E-state index in [2.05, 4.69) is 6.58 Å². The maximum atomic E-state index is 13.0. The zero-order valence-electron chi connectivity index (χ0n) is 7.38. The highest BCUT2D eigenvalue weighted by molar-refractivity contribution is 5.39. The highest BCUT2D eigenvalue weighted by Crippen LogP contribution is 2.28. The van der Waals surface area contributed by atoms with E-state index in [4.69, 9.17) is 4.74 Å². The molecule has 1 N–H and O–H groups in total. The normalized spacial score (nSPS) is 9.69. The Labute approximate surface area is 76.3 Å². The average molecular weight is 182 g/mol. The molecule has 0 bridgehead atoms. The van der Waals surface area contributed by atoms with E-state index in [1.807, 2.05) is 0 Å². The van der Waals surface area contributed by atoms with Crippen molar-refractivity contribution in [1.29, 1.82) is 0 Å². The fraction of sp³-hybridized carbons (Fsp3) is 0.200. The highest BCUT2D eigenvalue weighted by Gasteiger charge is 2.07. The summed E-state index contributed by atoms with van der Waals surface area (Å²) in [4.78, 5) is 0. The van der Waals surface area contributed by atoms with Crippen LogP contribution in [0.15, 0.2) is 30.4 Å². The van der Waals surface area contributed by atoms with Gasteiger partial charge in [-0.2, -0.15) is 0 Å². The van der Waals surface area contributed by atoms with Crippen molar-refractivity contribution < 1.29 is 14.2 Å². The van der Waals surface area contributed by atoms with Gasteiger partial charge in [0, 0.05) is 0 Å². The van der Waals surface area contributed by atoms with Gasteiger partial charge in [0.05, 0.1) is 0 Å². The lowest BCUT2D eigenvalue weighted by Gasteiger charge is -2.07. The van der Waals surface area contributed by atoms with Crippen LogP contribution in [0.25, 0.3) is 0 Å². The summed E-state index contributed by atoms with van der Waals surface area (Å²) >= 11 is 0. The topological polar surface area (TPSA) is 29.5 Å². The molecular formula is C10H11FO2. The highest BCUT2D eigenvalue weighted by atomic mass is 19.1. The van der Waals surface area contributed by atoms with E-state index < -0.39 is 5.82 Å². The quantitative estimate of drug-likeness (QED) is 0.727. The van der Waals surface area contributed by atoms with Crippen molar-refractivity contribution in [1.82, 2.24) is 0 Å². The molecule has 1 aromatic carbocycles. The summed E-state index contributed by atoms with van der Waals surface area (Å²) in [6, 6.07) is 4.02. The molecule has 0 fully saturated rings. The molecule has 1 rings (SSSR count). The minimum Gasteiger partial charge on any atom is -0.504 e. The van der Waals surface area contributed by atoms with Crippen molar-refractivity contribution in [3.63, 3.8) is 0 Å². The molecule has 0 spiro atoms. The van der Waals surface area contributed by atoms with Crippen LogP contribution in [0.1, 0.15) is 6.92 Å². The molecule has 0 radical (unpaired) electrons. The molecule has 70 valence electrons. The number of ether oxygens (including phenoxy) is 1. The lowest BCUT2D eigenvalue weighted by Crippen LogP contribution is -1.99. The van der Waals surface area contributed by atoms with E-state index >= 15 is 0 Å². The standard InChI is InChI=1S/C10H11FO2/c1-7(2)6-13-10-8(11)4-3-5-9(10)12/h3-5,12H,1,6H2,2H3. The van der Waals surface area contributed by atoms with E-state index in [9.17, 15) is 9.50 Å². The fourth-order valence-corrected chi connectivity index (χ4v) is 0.836. The van der Waals surface area contributed by atoms with Crippen molar-refractivity contribution >= 4 is 0 Å². The third-order valence-electron chi connectivity index (χ3n) is 1.41. The predicted octanol–water partition coefficient (Wildman–Crippen LogP) is 2.49. The van der Waals surface area contributed by atoms with Crippen molar-refractivity contribution in [2.24, 2.45) is 0 Å². The first-order valence-electron chi connectivity index (χ1n) is 3.86. The van der Waals surface area contributed by atoms with Gasteiger partial charge in [-0.05, 0) is 24.6 Å². The number of phenols is 1. The van der Waals surface area contributed by atoms with Gasteiger partial charge < -0.3 is 9.84 Å². The number of hydrogen-bond acceptors (Lipinski definition) is 2. The largest absolute Gasteiger partial charge is 0.504 e. The number of aromatic hydroxyl groups is 1. The molecule has 2 nitrogen and oxygen atoms in total. The van der Waals surface area contributed by atoms with Crippen LogP contribution >= 0.6 is 0 Å². The Kier molecular flexibility index (Phi) is 2.90. The number of hydrogen-bond donors (Lipinski definition) is 1. The molecular weight excluding hydrogens is 171 g/mol. The van der Waals surface area contributed by atoms with E-state index in [1.54, 1.807) is 6.92 Å². The van der Waals surface area contributed by atoms with Gasteiger partial charge in [-0.3, -0.25) is 0 Å². The Morgan fingerprint density at radius 3 is 2.85 bits per heavy atom. The van der Waals surface area contributed by atoms with E-state index in [-0.39, 0.29) is 18.1 Å². The molecule has 0 saturated heterocycles. The fourth-order valence-electron chi connectivity index (χ4n) is 0.836. The molecule has 0 saturated carbocycles. The van der Waals surface area contributed by atoms with Crippen LogP contribution in [0, 0.1) is 5.82 Å². The Hall–Kier alpha value is -1.51. The predicted molar refractivity (Wildman–Crippen MR) is 48.4 cm³/mol. The van der Waals surface area contributed by atoms with Gasteiger partial charge in [0.15, 0.2) is 17.3 Å². The number of phenolic OH excluding ortho intramolecular Hbond substituents is 1. The lowest BCUT2D eigenvalue weighted by atomic mass is 10.3. The van der Waals surface area contributed by atoms with Gasteiger partial charge in [0.2, 0.25) is 0 Å². The second kappa shape index (κ2) is 3.94. The third kappa shape index (κ3) is 2.47. The maximum absolute atomic E-state index is 13.0. The first-order valence-corrected chi connectivity index (χ1v) is 3.86. The monoisotopic (exact) mass is 182 g/mol. The molecule has 0 amide bonds. The van der Waals surface area contributed by atoms with Crippen LogP contribution < -0.4 is 4.74 Å². The summed E-state index contributed by atoms with van der Waals surface area (Å²) in [5, 5.41) is 9.21.